The van der Waals surface area contributed by atoms with Crippen LogP contribution in [0, 0.1) is 0 Å². The van der Waals surface area contributed by atoms with Crippen LogP contribution in [0.2, 0.25) is 0 Å². The number of fused-ring (bicyclic) bond motifs is 1. The van der Waals surface area contributed by atoms with Gasteiger partial charge in [-0.1, -0.05) is 6.07 Å². The molecule has 2 saturated heterocycles. The van der Waals surface area contributed by atoms with E-state index >= 15 is 0 Å². The summed E-state index contributed by atoms with van der Waals surface area (Å²) in [6, 6.07) is 6.70. The fourth-order valence-corrected chi connectivity index (χ4v) is 4.04. The van der Waals surface area contributed by atoms with E-state index in [1.807, 2.05) is 19.2 Å². The van der Waals surface area contributed by atoms with E-state index in [0.717, 1.165) is 50.1 Å². The number of aliphatic imine (C=N–C) groups is 1. The van der Waals surface area contributed by atoms with Gasteiger partial charge in [0.15, 0.2) is 17.5 Å². The van der Waals surface area contributed by atoms with Gasteiger partial charge in [0.05, 0.1) is 26.9 Å². The van der Waals surface area contributed by atoms with Crippen molar-refractivity contribution in [3.8, 4) is 11.5 Å². The number of nitrogens with one attached hydrogen (secondary N) is 1. The summed E-state index contributed by atoms with van der Waals surface area (Å²) >= 11 is 0. The first kappa shape index (κ1) is 24.0. The molecule has 8 heteroatoms. The molecule has 2 aliphatic rings. The van der Waals surface area contributed by atoms with Crippen molar-refractivity contribution in [2.75, 3.05) is 61.1 Å². The van der Waals surface area contributed by atoms with Crippen LogP contribution in [0.15, 0.2) is 23.2 Å². The number of hydrogen-bond donors (Lipinski definition) is 1. The predicted molar refractivity (Wildman–Crippen MR) is 127 cm³/mol. The maximum atomic E-state index is 6.04. The fraction of sp³-hybridized carbons (Fsp3) is 0.667. The van der Waals surface area contributed by atoms with Gasteiger partial charge in [-0.15, -0.1) is 24.0 Å². The number of morpholine rings is 1. The lowest BCUT2D eigenvalue weighted by Crippen LogP contribution is -2.51. The zero-order valence-electron chi connectivity index (χ0n) is 18.0. The third-order valence-corrected chi connectivity index (χ3v) is 5.71. The van der Waals surface area contributed by atoms with Crippen molar-refractivity contribution < 1.29 is 14.2 Å². The second kappa shape index (κ2) is 11.8. The van der Waals surface area contributed by atoms with E-state index in [-0.39, 0.29) is 30.1 Å². The van der Waals surface area contributed by atoms with E-state index < -0.39 is 0 Å². The lowest BCUT2D eigenvalue weighted by Gasteiger charge is -2.35. The molecule has 7 nitrogen and oxygen atoms in total. The van der Waals surface area contributed by atoms with E-state index in [9.17, 15) is 0 Å². The van der Waals surface area contributed by atoms with Crippen molar-refractivity contribution in [1.29, 1.82) is 0 Å². The van der Waals surface area contributed by atoms with Gasteiger partial charge in [0.2, 0.25) is 0 Å². The van der Waals surface area contributed by atoms with Crippen LogP contribution in [-0.2, 0) is 11.2 Å². The molecule has 0 aromatic heterocycles. The molecule has 1 aromatic rings. The number of halogens is 1. The van der Waals surface area contributed by atoms with Gasteiger partial charge < -0.3 is 24.4 Å². The van der Waals surface area contributed by atoms with Gasteiger partial charge in [-0.25, -0.2) is 0 Å². The topological polar surface area (TPSA) is 58.6 Å². The van der Waals surface area contributed by atoms with Gasteiger partial charge in [-0.05, 0) is 43.5 Å². The van der Waals surface area contributed by atoms with Crippen molar-refractivity contribution >= 4 is 29.9 Å². The SMILES string of the molecule is CN=C(NCC1CN2CCCC2CO1)N(C)CCc1ccc(OC)c(OC)c1.I. The average molecular weight is 518 g/mol. The number of likely N-dealkylation sites (N-methyl/N-ethyl adjacent to an activating group) is 1. The minimum atomic E-state index is 0. The normalized spacial score (nSPS) is 21.9. The fourth-order valence-electron chi connectivity index (χ4n) is 4.04. The molecule has 2 atom stereocenters. The van der Waals surface area contributed by atoms with Crippen LogP contribution in [-0.4, -0.2) is 89.0 Å². The summed E-state index contributed by atoms with van der Waals surface area (Å²) in [5, 5.41) is 3.48. The Kier molecular flexibility index (Phi) is 9.78. The Bertz CT molecular complexity index is 673. The summed E-state index contributed by atoms with van der Waals surface area (Å²) in [7, 11) is 7.21. The molecule has 2 unspecified atom stereocenters. The zero-order chi connectivity index (χ0) is 19.9. The molecular formula is C21H35IN4O3. The Morgan fingerprint density at radius 1 is 1.31 bits per heavy atom. The van der Waals surface area contributed by atoms with Crippen molar-refractivity contribution in [1.82, 2.24) is 15.1 Å². The van der Waals surface area contributed by atoms with Gasteiger partial charge in [-0.3, -0.25) is 9.89 Å². The molecule has 29 heavy (non-hydrogen) atoms. The highest BCUT2D eigenvalue weighted by atomic mass is 127. The minimum Gasteiger partial charge on any atom is -0.493 e. The maximum Gasteiger partial charge on any atom is 0.193 e. The molecule has 0 aliphatic carbocycles. The second-order valence-electron chi connectivity index (χ2n) is 7.54. The molecule has 2 aliphatic heterocycles. The second-order valence-corrected chi connectivity index (χ2v) is 7.54. The highest BCUT2D eigenvalue weighted by molar-refractivity contribution is 14.0. The van der Waals surface area contributed by atoms with Crippen LogP contribution in [0.4, 0.5) is 0 Å². The van der Waals surface area contributed by atoms with Gasteiger partial charge in [0.25, 0.3) is 0 Å². The van der Waals surface area contributed by atoms with Gasteiger partial charge in [-0.2, -0.15) is 0 Å². The highest BCUT2D eigenvalue weighted by Gasteiger charge is 2.32. The van der Waals surface area contributed by atoms with Crippen molar-refractivity contribution in [3.05, 3.63) is 23.8 Å². The highest BCUT2D eigenvalue weighted by Crippen LogP contribution is 2.27. The first-order chi connectivity index (χ1) is 13.6. The number of rotatable bonds is 7. The average Bonchev–Trinajstić information content (AvgIpc) is 3.20. The summed E-state index contributed by atoms with van der Waals surface area (Å²) in [5.41, 5.74) is 1.20. The summed E-state index contributed by atoms with van der Waals surface area (Å²) in [6.45, 7) is 4.74. The van der Waals surface area contributed by atoms with Crippen LogP contribution in [0.25, 0.3) is 0 Å². The van der Waals surface area contributed by atoms with Crippen molar-refractivity contribution in [3.63, 3.8) is 0 Å². The van der Waals surface area contributed by atoms with E-state index in [0.29, 0.717) is 6.04 Å². The Labute approximate surface area is 191 Å². The summed E-state index contributed by atoms with van der Waals surface area (Å²) in [6.07, 6.45) is 3.70. The molecule has 0 amide bonds. The molecule has 2 fully saturated rings. The third kappa shape index (κ3) is 6.36. The molecule has 0 spiro atoms. The Hall–Kier alpha value is -1.26. The van der Waals surface area contributed by atoms with Crippen molar-refractivity contribution in [2.24, 2.45) is 4.99 Å². The zero-order valence-corrected chi connectivity index (χ0v) is 20.3. The summed E-state index contributed by atoms with van der Waals surface area (Å²) in [5.74, 6) is 2.41. The minimum absolute atomic E-state index is 0. The van der Waals surface area contributed by atoms with Crippen LogP contribution in [0.1, 0.15) is 18.4 Å². The largest absolute Gasteiger partial charge is 0.493 e. The molecule has 1 N–H and O–H groups in total. The lowest BCUT2D eigenvalue weighted by atomic mass is 10.1. The lowest BCUT2D eigenvalue weighted by molar-refractivity contribution is -0.0454. The van der Waals surface area contributed by atoms with Gasteiger partial charge in [0, 0.05) is 39.8 Å². The Morgan fingerprint density at radius 2 is 2.10 bits per heavy atom. The van der Waals surface area contributed by atoms with Crippen LogP contribution in [0.3, 0.4) is 0 Å². The van der Waals surface area contributed by atoms with Gasteiger partial charge in [0.1, 0.15) is 0 Å². The first-order valence-electron chi connectivity index (χ1n) is 10.1. The predicted octanol–water partition coefficient (Wildman–Crippen LogP) is 2.23. The van der Waals surface area contributed by atoms with Gasteiger partial charge >= 0.3 is 0 Å². The van der Waals surface area contributed by atoms with E-state index in [4.69, 9.17) is 14.2 Å². The molecule has 0 radical (unpaired) electrons. The molecule has 0 saturated carbocycles. The molecular weight excluding hydrogens is 483 g/mol. The molecule has 164 valence electrons. The standard InChI is InChI=1S/C21H34N4O3.HI/c1-22-21(23-13-18-14-25-10-5-6-17(25)15-28-18)24(2)11-9-16-7-8-19(26-3)20(12-16)27-4;/h7-8,12,17-18H,5-6,9-11,13-15H2,1-4H3,(H,22,23);1H. The number of guanidine groups is 1. The smallest absolute Gasteiger partial charge is 0.193 e. The number of methoxy groups -OCH3 is 2. The third-order valence-electron chi connectivity index (χ3n) is 5.71. The monoisotopic (exact) mass is 518 g/mol. The van der Waals surface area contributed by atoms with E-state index in [2.05, 4.69) is 33.2 Å². The molecule has 3 rings (SSSR count). The summed E-state index contributed by atoms with van der Waals surface area (Å²) in [4.78, 5) is 9.15. The van der Waals surface area contributed by atoms with E-state index in [1.54, 1.807) is 14.2 Å². The van der Waals surface area contributed by atoms with Crippen LogP contribution in [0.5, 0.6) is 11.5 Å². The quantitative estimate of drug-likeness (QED) is 0.340. The summed E-state index contributed by atoms with van der Waals surface area (Å²) < 4.78 is 16.7. The number of benzene rings is 1. The Morgan fingerprint density at radius 3 is 2.83 bits per heavy atom. The Balaban J connectivity index is 0.00000300. The van der Waals surface area contributed by atoms with Crippen molar-refractivity contribution in [2.45, 2.75) is 31.4 Å². The molecule has 0 bridgehead atoms. The molecule has 1 aromatic carbocycles. The first-order valence-corrected chi connectivity index (χ1v) is 10.1. The van der Waals surface area contributed by atoms with Crippen LogP contribution >= 0.6 is 24.0 Å². The van der Waals surface area contributed by atoms with Crippen LogP contribution < -0.4 is 14.8 Å². The molecule has 2 heterocycles. The number of hydrogen-bond acceptors (Lipinski definition) is 5. The van der Waals surface area contributed by atoms with E-state index in [1.165, 1.54) is 24.9 Å². The number of nitrogens with zero attached hydrogens (tertiary/aromatic N) is 3. The number of ether oxygens (including phenoxy) is 3. The maximum absolute atomic E-state index is 6.04.